The summed E-state index contributed by atoms with van der Waals surface area (Å²) in [7, 11) is -1.62. The van der Waals surface area contributed by atoms with Crippen molar-refractivity contribution in [3.05, 3.63) is 83.9 Å². The van der Waals surface area contributed by atoms with Crippen LogP contribution in [-0.2, 0) is 5.41 Å². The average Bonchev–Trinajstić information content (AvgIpc) is 3.07. The molecular formula is C27H24Si. The van der Waals surface area contributed by atoms with Crippen molar-refractivity contribution in [1.82, 2.24) is 0 Å². The lowest BCUT2D eigenvalue weighted by atomic mass is 9.81. The summed E-state index contributed by atoms with van der Waals surface area (Å²) < 4.78 is 0. The van der Waals surface area contributed by atoms with Gasteiger partial charge in [-0.05, 0) is 66.7 Å². The maximum Gasteiger partial charge on any atom is 0.113 e. The van der Waals surface area contributed by atoms with Crippen molar-refractivity contribution in [2.45, 2.75) is 32.4 Å². The van der Waals surface area contributed by atoms with E-state index in [0.29, 0.717) is 0 Å². The van der Waals surface area contributed by atoms with Gasteiger partial charge in [0.05, 0.1) is 0 Å². The molecule has 0 aromatic heterocycles. The Balaban J connectivity index is 1.75. The molecule has 0 amide bonds. The molecule has 0 spiro atoms. The summed E-state index contributed by atoms with van der Waals surface area (Å²) >= 11 is 0. The molecule has 0 bridgehead atoms. The lowest BCUT2D eigenvalue weighted by molar-refractivity contribution is 0.661. The molecule has 0 fully saturated rings. The fourth-order valence-electron chi connectivity index (χ4n) is 5.72. The lowest BCUT2D eigenvalue weighted by Crippen LogP contribution is -2.49. The first-order valence-corrected chi connectivity index (χ1v) is 13.2. The van der Waals surface area contributed by atoms with Crippen LogP contribution in [0.2, 0.25) is 13.1 Å². The van der Waals surface area contributed by atoms with Crippen molar-refractivity contribution >= 4 is 29.2 Å². The van der Waals surface area contributed by atoms with Crippen LogP contribution in [0.1, 0.15) is 25.0 Å². The van der Waals surface area contributed by atoms with Gasteiger partial charge < -0.3 is 0 Å². The first-order chi connectivity index (χ1) is 13.4. The second-order valence-electron chi connectivity index (χ2n) is 9.45. The predicted molar refractivity (Wildman–Crippen MR) is 124 cm³/mol. The third-order valence-electron chi connectivity index (χ3n) is 7.26. The quantitative estimate of drug-likeness (QED) is 0.333. The summed E-state index contributed by atoms with van der Waals surface area (Å²) in [6.45, 7) is 9.72. The Kier molecular flexibility index (Phi) is 2.94. The molecule has 4 aromatic carbocycles. The first kappa shape index (κ1) is 16.3. The lowest BCUT2D eigenvalue weighted by Gasteiger charge is -2.22. The molecule has 0 nitrogen and oxygen atoms in total. The van der Waals surface area contributed by atoms with E-state index in [0.717, 1.165) is 0 Å². The Hall–Kier alpha value is -2.64. The summed E-state index contributed by atoms with van der Waals surface area (Å²) in [5, 5.41) is 5.97. The molecular weight excluding hydrogens is 352 g/mol. The highest BCUT2D eigenvalue weighted by atomic mass is 28.3. The Morgan fingerprint density at radius 3 is 2.18 bits per heavy atom. The SMILES string of the molecule is CC1(C)c2ccccc2-c2cc3c4c(ccc3cc21)[Si](C)(C)c1ccccc1-4. The van der Waals surface area contributed by atoms with Gasteiger partial charge in [0, 0.05) is 5.41 Å². The van der Waals surface area contributed by atoms with E-state index < -0.39 is 8.07 Å². The largest absolute Gasteiger partial charge is 0.113 e. The summed E-state index contributed by atoms with van der Waals surface area (Å²) in [5.74, 6) is 0. The van der Waals surface area contributed by atoms with Gasteiger partial charge in [0.25, 0.3) is 0 Å². The number of benzene rings is 4. The van der Waals surface area contributed by atoms with E-state index in [4.69, 9.17) is 0 Å². The fraction of sp³-hybridized carbons (Fsp3) is 0.185. The minimum absolute atomic E-state index is 0.0606. The minimum Gasteiger partial charge on any atom is -0.0623 e. The molecule has 0 N–H and O–H groups in total. The monoisotopic (exact) mass is 376 g/mol. The minimum atomic E-state index is -1.62. The molecule has 136 valence electrons. The van der Waals surface area contributed by atoms with E-state index in [2.05, 4.69) is 99.7 Å². The van der Waals surface area contributed by atoms with Crippen LogP contribution in [0.4, 0.5) is 0 Å². The second kappa shape index (κ2) is 5.04. The van der Waals surface area contributed by atoms with Crippen molar-refractivity contribution in [1.29, 1.82) is 0 Å². The molecule has 28 heavy (non-hydrogen) atoms. The van der Waals surface area contributed by atoms with E-state index in [1.54, 1.807) is 10.4 Å². The number of rotatable bonds is 0. The van der Waals surface area contributed by atoms with Gasteiger partial charge >= 0.3 is 0 Å². The molecule has 1 heteroatoms. The average molecular weight is 377 g/mol. The molecule has 0 radical (unpaired) electrons. The van der Waals surface area contributed by atoms with E-state index in [9.17, 15) is 0 Å². The van der Waals surface area contributed by atoms with E-state index in [1.807, 2.05) is 0 Å². The van der Waals surface area contributed by atoms with Gasteiger partial charge in [-0.25, -0.2) is 0 Å². The summed E-state index contributed by atoms with van der Waals surface area (Å²) in [6.07, 6.45) is 0. The standard InChI is InChI=1S/C27H24Si/c1-27(2)22-11-7-5-9-18(22)21-16-20-17(15-23(21)27)13-14-25-26(20)19-10-6-8-12-24(19)28(25,3)4/h5-16H,1-4H3. The number of hydrogen-bond donors (Lipinski definition) is 0. The van der Waals surface area contributed by atoms with Crippen molar-refractivity contribution < 1.29 is 0 Å². The van der Waals surface area contributed by atoms with E-state index in [-0.39, 0.29) is 5.41 Å². The number of hydrogen-bond acceptors (Lipinski definition) is 0. The van der Waals surface area contributed by atoms with Crippen LogP contribution in [0.3, 0.4) is 0 Å². The van der Waals surface area contributed by atoms with Crippen LogP contribution in [0.25, 0.3) is 33.0 Å². The van der Waals surface area contributed by atoms with Crippen LogP contribution in [-0.4, -0.2) is 8.07 Å². The van der Waals surface area contributed by atoms with Crippen LogP contribution in [0, 0.1) is 0 Å². The second-order valence-corrected chi connectivity index (χ2v) is 13.8. The Morgan fingerprint density at radius 2 is 1.36 bits per heavy atom. The van der Waals surface area contributed by atoms with E-state index in [1.165, 1.54) is 44.2 Å². The maximum absolute atomic E-state index is 2.50. The molecule has 1 heterocycles. The van der Waals surface area contributed by atoms with Crippen LogP contribution in [0.15, 0.2) is 72.8 Å². The van der Waals surface area contributed by atoms with Gasteiger partial charge in [0.15, 0.2) is 0 Å². The third-order valence-corrected chi connectivity index (χ3v) is 10.8. The van der Waals surface area contributed by atoms with Gasteiger partial charge in [-0.1, -0.05) is 87.6 Å². The fourth-order valence-corrected chi connectivity index (χ4v) is 8.80. The van der Waals surface area contributed by atoms with Gasteiger partial charge in [0.1, 0.15) is 8.07 Å². The molecule has 2 aliphatic rings. The van der Waals surface area contributed by atoms with Crippen LogP contribution in [0.5, 0.6) is 0 Å². The zero-order valence-electron chi connectivity index (χ0n) is 16.9. The molecule has 0 atom stereocenters. The highest BCUT2D eigenvalue weighted by Crippen LogP contribution is 2.50. The van der Waals surface area contributed by atoms with Crippen LogP contribution >= 0.6 is 0 Å². The Labute approximate surface area is 167 Å². The molecule has 0 saturated heterocycles. The Morgan fingerprint density at radius 1 is 0.643 bits per heavy atom. The molecule has 4 aromatic rings. The molecule has 0 saturated carbocycles. The summed E-state index contributed by atoms with van der Waals surface area (Å²) in [6, 6.07) is 27.8. The van der Waals surface area contributed by atoms with Gasteiger partial charge in [-0.3, -0.25) is 0 Å². The first-order valence-electron chi connectivity index (χ1n) is 10.2. The van der Waals surface area contributed by atoms with Gasteiger partial charge in [-0.2, -0.15) is 0 Å². The molecule has 0 unspecified atom stereocenters. The number of fused-ring (bicyclic) bond motifs is 8. The molecule has 1 aliphatic carbocycles. The highest BCUT2D eigenvalue weighted by molar-refractivity contribution is 7.04. The zero-order valence-corrected chi connectivity index (χ0v) is 17.9. The topological polar surface area (TPSA) is 0 Å². The van der Waals surface area contributed by atoms with Crippen molar-refractivity contribution in [3.63, 3.8) is 0 Å². The molecule has 6 rings (SSSR count). The van der Waals surface area contributed by atoms with Crippen molar-refractivity contribution in [2.75, 3.05) is 0 Å². The van der Waals surface area contributed by atoms with Crippen molar-refractivity contribution in [3.8, 4) is 22.3 Å². The van der Waals surface area contributed by atoms with Crippen molar-refractivity contribution in [2.24, 2.45) is 0 Å². The zero-order chi connectivity index (χ0) is 19.3. The van der Waals surface area contributed by atoms with Crippen LogP contribution < -0.4 is 10.4 Å². The predicted octanol–water partition coefficient (Wildman–Crippen LogP) is 5.95. The van der Waals surface area contributed by atoms with Gasteiger partial charge in [0.2, 0.25) is 0 Å². The smallest absolute Gasteiger partial charge is 0.0623 e. The van der Waals surface area contributed by atoms with Gasteiger partial charge in [-0.15, -0.1) is 0 Å². The van der Waals surface area contributed by atoms with E-state index >= 15 is 0 Å². The summed E-state index contributed by atoms with van der Waals surface area (Å²) in [4.78, 5) is 0. The molecule has 1 aliphatic heterocycles. The third kappa shape index (κ3) is 1.81. The summed E-state index contributed by atoms with van der Waals surface area (Å²) in [5.41, 5.74) is 8.76. The highest BCUT2D eigenvalue weighted by Gasteiger charge is 2.39. The normalized spacial score (nSPS) is 17.1. The Bertz CT molecular complexity index is 1300. The maximum atomic E-state index is 2.50.